The minimum absolute atomic E-state index is 0.0338. The molecule has 3 N–H and O–H groups in total. The van der Waals surface area contributed by atoms with Gasteiger partial charge in [0.2, 0.25) is 11.8 Å². The largest absolute Gasteiger partial charge is 0.369 e. The van der Waals surface area contributed by atoms with Crippen molar-refractivity contribution in [3.8, 4) is 0 Å². The summed E-state index contributed by atoms with van der Waals surface area (Å²) in [6, 6.07) is 0. The van der Waals surface area contributed by atoms with Gasteiger partial charge in [0.25, 0.3) is 0 Å². The van der Waals surface area contributed by atoms with Crippen LogP contribution in [0.3, 0.4) is 0 Å². The molecule has 0 unspecified atom stereocenters. The van der Waals surface area contributed by atoms with Crippen molar-refractivity contribution in [2.45, 2.75) is 38.5 Å². The number of amides is 2. The van der Waals surface area contributed by atoms with E-state index in [1.54, 1.807) is 0 Å². The summed E-state index contributed by atoms with van der Waals surface area (Å²) in [5, 5.41) is 3.34. The normalized spacial score (nSPS) is 22.4. The Morgan fingerprint density at radius 1 is 1.11 bits per heavy atom. The number of likely N-dealkylation sites (tertiary alicyclic amines) is 1. The van der Waals surface area contributed by atoms with Crippen LogP contribution in [0.15, 0.2) is 0 Å². The van der Waals surface area contributed by atoms with Gasteiger partial charge < -0.3 is 16.0 Å². The smallest absolute Gasteiger partial charge is 0.222 e. The van der Waals surface area contributed by atoms with E-state index < -0.39 is 0 Å². The lowest BCUT2D eigenvalue weighted by molar-refractivity contribution is -0.135. The first-order valence-corrected chi connectivity index (χ1v) is 7.44. The van der Waals surface area contributed by atoms with E-state index in [1.165, 1.54) is 12.8 Å². The van der Waals surface area contributed by atoms with Gasteiger partial charge in [-0.25, -0.2) is 0 Å². The number of nitrogens with one attached hydrogen (secondary N) is 1. The Morgan fingerprint density at radius 2 is 1.74 bits per heavy atom. The fraction of sp³-hybridized carbons (Fsp3) is 0.857. The SMILES string of the molecule is NC(=O)C1CCN(C(=O)CCC2CCNCC2)CC1. The van der Waals surface area contributed by atoms with E-state index in [-0.39, 0.29) is 17.7 Å². The van der Waals surface area contributed by atoms with Crippen molar-refractivity contribution in [1.29, 1.82) is 0 Å². The van der Waals surface area contributed by atoms with Crippen molar-refractivity contribution in [2.75, 3.05) is 26.2 Å². The molecule has 2 saturated heterocycles. The molecule has 0 spiro atoms. The van der Waals surface area contributed by atoms with E-state index in [9.17, 15) is 9.59 Å². The van der Waals surface area contributed by atoms with Gasteiger partial charge in [-0.2, -0.15) is 0 Å². The van der Waals surface area contributed by atoms with Crippen molar-refractivity contribution in [2.24, 2.45) is 17.6 Å². The number of carbonyl (C=O) groups excluding carboxylic acids is 2. The number of nitrogens with two attached hydrogens (primary N) is 1. The van der Waals surface area contributed by atoms with E-state index in [1.807, 2.05) is 4.90 Å². The Kier molecular flexibility index (Phi) is 5.19. The van der Waals surface area contributed by atoms with Gasteiger partial charge in [-0.05, 0) is 51.1 Å². The summed E-state index contributed by atoms with van der Waals surface area (Å²) in [6.45, 7) is 3.56. The fourth-order valence-corrected chi connectivity index (χ4v) is 3.07. The van der Waals surface area contributed by atoms with Crippen LogP contribution in [0.5, 0.6) is 0 Å². The predicted molar refractivity (Wildman–Crippen MR) is 73.3 cm³/mol. The first-order valence-electron chi connectivity index (χ1n) is 7.44. The summed E-state index contributed by atoms with van der Waals surface area (Å²) in [6.07, 6.45) is 5.51. The molecule has 5 nitrogen and oxygen atoms in total. The summed E-state index contributed by atoms with van der Waals surface area (Å²) in [5.41, 5.74) is 5.30. The summed E-state index contributed by atoms with van der Waals surface area (Å²) in [5.74, 6) is 0.699. The second kappa shape index (κ2) is 6.89. The van der Waals surface area contributed by atoms with E-state index in [0.717, 1.165) is 32.4 Å². The maximum atomic E-state index is 12.1. The number of carbonyl (C=O) groups is 2. The predicted octanol–water partition coefficient (Wildman–Crippen LogP) is 0.490. The molecule has 0 aliphatic carbocycles. The molecule has 2 amide bonds. The van der Waals surface area contributed by atoms with Crippen LogP contribution >= 0.6 is 0 Å². The Balaban J connectivity index is 1.67. The standard InChI is InChI=1S/C14H25N3O2/c15-14(19)12-5-9-17(10-6-12)13(18)2-1-11-3-7-16-8-4-11/h11-12,16H,1-10H2,(H2,15,19). The van der Waals surface area contributed by atoms with Crippen molar-refractivity contribution in [3.63, 3.8) is 0 Å². The van der Waals surface area contributed by atoms with Gasteiger partial charge in [0.05, 0.1) is 0 Å². The third kappa shape index (κ3) is 4.20. The lowest BCUT2D eigenvalue weighted by Crippen LogP contribution is -2.41. The van der Waals surface area contributed by atoms with Crippen molar-refractivity contribution in [1.82, 2.24) is 10.2 Å². The molecule has 2 heterocycles. The van der Waals surface area contributed by atoms with Gasteiger partial charge >= 0.3 is 0 Å². The van der Waals surface area contributed by atoms with Crippen LogP contribution in [0, 0.1) is 11.8 Å². The number of rotatable bonds is 4. The number of hydrogen-bond acceptors (Lipinski definition) is 3. The molecule has 2 fully saturated rings. The molecule has 0 saturated carbocycles. The zero-order valence-electron chi connectivity index (χ0n) is 11.6. The topological polar surface area (TPSA) is 75.4 Å². The van der Waals surface area contributed by atoms with E-state index in [4.69, 9.17) is 5.73 Å². The molecule has 108 valence electrons. The molecule has 2 aliphatic rings. The first-order chi connectivity index (χ1) is 9.16. The molecule has 19 heavy (non-hydrogen) atoms. The molecule has 0 radical (unpaired) electrons. The van der Waals surface area contributed by atoms with Gasteiger partial charge in [0, 0.05) is 25.4 Å². The highest BCUT2D eigenvalue weighted by Gasteiger charge is 2.26. The zero-order valence-corrected chi connectivity index (χ0v) is 11.6. The summed E-state index contributed by atoms with van der Waals surface area (Å²) >= 11 is 0. The van der Waals surface area contributed by atoms with Crippen LogP contribution in [0.2, 0.25) is 0 Å². The van der Waals surface area contributed by atoms with Gasteiger partial charge in [0.1, 0.15) is 0 Å². The summed E-state index contributed by atoms with van der Waals surface area (Å²) in [7, 11) is 0. The Labute approximate surface area is 114 Å². The monoisotopic (exact) mass is 267 g/mol. The number of hydrogen-bond donors (Lipinski definition) is 2. The highest BCUT2D eigenvalue weighted by molar-refractivity contribution is 5.78. The van der Waals surface area contributed by atoms with Crippen LogP contribution in [0.25, 0.3) is 0 Å². The first kappa shape index (κ1) is 14.3. The third-order valence-electron chi connectivity index (χ3n) is 4.48. The molecule has 0 aromatic heterocycles. The third-order valence-corrected chi connectivity index (χ3v) is 4.48. The van der Waals surface area contributed by atoms with Crippen LogP contribution in [-0.2, 0) is 9.59 Å². The maximum Gasteiger partial charge on any atom is 0.222 e. The number of piperidine rings is 2. The maximum absolute atomic E-state index is 12.1. The van der Waals surface area contributed by atoms with Gasteiger partial charge in [-0.3, -0.25) is 9.59 Å². The highest BCUT2D eigenvalue weighted by Crippen LogP contribution is 2.21. The Bertz CT molecular complexity index is 319. The van der Waals surface area contributed by atoms with E-state index >= 15 is 0 Å². The molecule has 0 aromatic rings. The van der Waals surface area contributed by atoms with Crippen LogP contribution in [-0.4, -0.2) is 42.9 Å². The molecule has 0 aromatic carbocycles. The van der Waals surface area contributed by atoms with Gasteiger partial charge in [-0.15, -0.1) is 0 Å². The van der Waals surface area contributed by atoms with Gasteiger partial charge in [-0.1, -0.05) is 0 Å². The van der Waals surface area contributed by atoms with Crippen molar-refractivity contribution >= 4 is 11.8 Å². The molecule has 2 rings (SSSR count). The van der Waals surface area contributed by atoms with Gasteiger partial charge in [0.15, 0.2) is 0 Å². The molecule has 2 aliphatic heterocycles. The average molecular weight is 267 g/mol. The Morgan fingerprint density at radius 3 is 2.32 bits per heavy atom. The van der Waals surface area contributed by atoms with Crippen molar-refractivity contribution < 1.29 is 9.59 Å². The van der Waals surface area contributed by atoms with Crippen molar-refractivity contribution in [3.05, 3.63) is 0 Å². The highest BCUT2D eigenvalue weighted by atomic mass is 16.2. The molecule has 0 atom stereocenters. The average Bonchev–Trinajstić information content (AvgIpc) is 2.46. The Hall–Kier alpha value is -1.10. The molecular formula is C14H25N3O2. The second-order valence-corrected chi connectivity index (χ2v) is 5.79. The van der Waals surface area contributed by atoms with Crippen LogP contribution in [0.1, 0.15) is 38.5 Å². The lowest BCUT2D eigenvalue weighted by Gasteiger charge is -2.31. The van der Waals surface area contributed by atoms with E-state index in [2.05, 4.69) is 5.32 Å². The van der Waals surface area contributed by atoms with Crippen LogP contribution in [0.4, 0.5) is 0 Å². The quantitative estimate of drug-likeness (QED) is 0.778. The fourth-order valence-electron chi connectivity index (χ4n) is 3.07. The minimum Gasteiger partial charge on any atom is -0.369 e. The van der Waals surface area contributed by atoms with E-state index in [0.29, 0.717) is 25.4 Å². The molecule has 0 bridgehead atoms. The summed E-state index contributed by atoms with van der Waals surface area (Å²) in [4.78, 5) is 25.1. The van der Waals surface area contributed by atoms with Crippen LogP contribution < -0.4 is 11.1 Å². The molecular weight excluding hydrogens is 242 g/mol. The summed E-state index contributed by atoms with van der Waals surface area (Å²) < 4.78 is 0. The zero-order chi connectivity index (χ0) is 13.7. The number of nitrogens with zero attached hydrogens (tertiary/aromatic N) is 1. The molecule has 5 heteroatoms. The second-order valence-electron chi connectivity index (χ2n) is 5.79. The minimum atomic E-state index is -0.221. The number of primary amides is 1. The lowest BCUT2D eigenvalue weighted by atomic mass is 9.92.